The number of nitrogens with zero attached hydrogens (tertiary/aromatic N) is 2. The zero-order chi connectivity index (χ0) is 15.4. The van der Waals surface area contributed by atoms with Crippen molar-refractivity contribution >= 4 is 17.2 Å². The van der Waals surface area contributed by atoms with E-state index in [2.05, 4.69) is 4.98 Å². The summed E-state index contributed by atoms with van der Waals surface area (Å²) in [4.78, 5) is 18.5. The van der Waals surface area contributed by atoms with Gasteiger partial charge in [-0.3, -0.25) is 4.79 Å². The first-order chi connectivity index (χ1) is 10.0. The van der Waals surface area contributed by atoms with Crippen LogP contribution in [-0.4, -0.2) is 46.7 Å². The Kier molecular flexibility index (Phi) is 5.72. The van der Waals surface area contributed by atoms with Crippen molar-refractivity contribution in [1.82, 2.24) is 9.88 Å². The lowest BCUT2D eigenvalue weighted by Crippen LogP contribution is -2.46. The van der Waals surface area contributed by atoms with Crippen LogP contribution in [0.1, 0.15) is 44.0 Å². The average molecular weight is 312 g/mol. The van der Waals surface area contributed by atoms with Gasteiger partial charge >= 0.3 is 0 Å². The Morgan fingerprint density at radius 2 is 2.43 bits per heavy atom. The Morgan fingerprint density at radius 3 is 3.10 bits per heavy atom. The van der Waals surface area contributed by atoms with E-state index in [-0.39, 0.29) is 17.9 Å². The summed E-state index contributed by atoms with van der Waals surface area (Å²) in [6.45, 7) is 7.76. The SMILES string of the molecule is CCOC(C)c1nc(CC(=O)N2CCC(C)C(O)C2)cs1. The largest absolute Gasteiger partial charge is 0.391 e. The average Bonchev–Trinajstić information content (AvgIpc) is 2.90. The van der Waals surface area contributed by atoms with Gasteiger partial charge in [0.05, 0.1) is 18.2 Å². The van der Waals surface area contributed by atoms with E-state index in [1.807, 2.05) is 26.2 Å². The third kappa shape index (κ3) is 4.25. The molecule has 0 spiro atoms. The van der Waals surface area contributed by atoms with Crippen LogP contribution in [0.25, 0.3) is 0 Å². The van der Waals surface area contributed by atoms with E-state index in [1.165, 1.54) is 11.3 Å². The van der Waals surface area contributed by atoms with Crippen LogP contribution in [0, 0.1) is 5.92 Å². The molecule has 1 aromatic rings. The summed E-state index contributed by atoms with van der Waals surface area (Å²) in [5.74, 6) is 0.314. The molecule has 1 N–H and O–H groups in total. The summed E-state index contributed by atoms with van der Waals surface area (Å²) in [6.07, 6.45) is 0.723. The second-order valence-corrected chi connectivity index (χ2v) is 6.51. The second kappa shape index (κ2) is 7.33. The number of hydrogen-bond acceptors (Lipinski definition) is 5. The summed E-state index contributed by atoms with van der Waals surface area (Å²) in [7, 11) is 0. The van der Waals surface area contributed by atoms with Crippen LogP contribution in [0.4, 0.5) is 0 Å². The fraction of sp³-hybridized carbons (Fsp3) is 0.733. The highest BCUT2D eigenvalue weighted by molar-refractivity contribution is 7.09. The normalized spacial score (nSPS) is 24.1. The van der Waals surface area contributed by atoms with Gasteiger partial charge in [-0.05, 0) is 26.2 Å². The fourth-order valence-corrected chi connectivity index (χ4v) is 3.28. The Hall–Kier alpha value is -0.980. The summed E-state index contributed by atoms with van der Waals surface area (Å²) >= 11 is 1.53. The fourth-order valence-electron chi connectivity index (χ4n) is 2.45. The molecule has 1 aliphatic rings. The van der Waals surface area contributed by atoms with Crippen LogP contribution < -0.4 is 0 Å². The highest BCUT2D eigenvalue weighted by Gasteiger charge is 2.27. The predicted molar refractivity (Wildman–Crippen MR) is 82.2 cm³/mol. The van der Waals surface area contributed by atoms with Crippen LogP contribution in [0.3, 0.4) is 0 Å². The molecule has 5 nitrogen and oxygen atoms in total. The van der Waals surface area contributed by atoms with Crippen LogP contribution in [-0.2, 0) is 16.0 Å². The molecule has 1 amide bonds. The summed E-state index contributed by atoms with van der Waals surface area (Å²) in [5.41, 5.74) is 0.791. The van der Waals surface area contributed by atoms with Crippen molar-refractivity contribution in [1.29, 1.82) is 0 Å². The van der Waals surface area contributed by atoms with E-state index in [1.54, 1.807) is 4.90 Å². The molecule has 0 aromatic carbocycles. The number of hydrogen-bond donors (Lipinski definition) is 1. The summed E-state index contributed by atoms with van der Waals surface area (Å²) in [6, 6.07) is 0. The number of aliphatic hydroxyl groups excluding tert-OH is 1. The van der Waals surface area contributed by atoms with Gasteiger partial charge in [-0.15, -0.1) is 11.3 Å². The number of likely N-dealkylation sites (tertiary alicyclic amines) is 1. The van der Waals surface area contributed by atoms with E-state index in [4.69, 9.17) is 4.74 Å². The van der Waals surface area contributed by atoms with Crippen molar-refractivity contribution in [3.8, 4) is 0 Å². The highest BCUT2D eigenvalue weighted by atomic mass is 32.1. The van der Waals surface area contributed by atoms with Crippen molar-refractivity contribution in [2.24, 2.45) is 5.92 Å². The first kappa shape index (κ1) is 16.4. The maximum absolute atomic E-state index is 12.3. The van der Waals surface area contributed by atoms with Crippen molar-refractivity contribution in [2.75, 3.05) is 19.7 Å². The number of carbonyl (C=O) groups excluding carboxylic acids is 1. The molecule has 0 aliphatic carbocycles. The number of ether oxygens (including phenoxy) is 1. The van der Waals surface area contributed by atoms with E-state index in [0.717, 1.165) is 23.7 Å². The van der Waals surface area contributed by atoms with Crippen LogP contribution in [0.15, 0.2) is 5.38 Å². The zero-order valence-electron chi connectivity index (χ0n) is 12.9. The molecule has 3 unspecified atom stereocenters. The minimum atomic E-state index is -0.410. The zero-order valence-corrected chi connectivity index (χ0v) is 13.7. The Balaban J connectivity index is 1.91. The van der Waals surface area contributed by atoms with Crippen molar-refractivity contribution in [2.45, 2.75) is 45.8 Å². The number of aromatic nitrogens is 1. The highest BCUT2D eigenvalue weighted by Crippen LogP contribution is 2.22. The van der Waals surface area contributed by atoms with E-state index in [9.17, 15) is 9.90 Å². The number of piperidine rings is 1. The molecule has 1 fully saturated rings. The van der Waals surface area contributed by atoms with Gasteiger partial charge in [-0.2, -0.15) is 0 Å². The maximum atomic E-state index is 12.3. The molecule has 0 radical (unpaired) electrons. The van der Waals surface area contributed by atoms with E-state index in [0.29, 0.717) is 19.6 Å². The van der Waals surface area contributed by atoms with E-state index < -0.39 is 6.10 Å². The third-order valence-electron chi connectivity index (χ3n) is 3.94. The van der Waals surface area contributed by atoms with E-state index >= 15 is 0 Å². The molecular weight excluding hydrogens is 288 g/mol. The van der Waals surface area contributed by atoms with Crippen molar-refractivity contribution in [3.63, 3.8) is 0 Å². The number of thiazole rings is 1. The molecule has 1 saturated heterocycles. The minimum Gasteiger partial charge on any atom is -0.391 e. The monoisotopic (exact) mass is 312 g/mol. The first-order valence-electron chi connectivity index (χ1n) is 7.53. The van der Waals surface area contributed by atoms with Crippen molar-refractivity contribution < 1.29 is 14.6 Å². The molecule has 2 rings (SSSR count). The van der Waals surface area contributed by atoms with Gasteiger partial charge in [0, 0.05) is 25.1 Å². The lowest BCUT2D eigenvalue weighted by atomic mass is 9.96. The number of β-amino-alcohol motifs (C(OH)–C–C–N with tert-alkyl or cyclic N) is 1. The molecule has 2 heterocycles. The van der Waals surface area contributed by atoms with Gasteiger partial charge in [0.1, 0.15) is 11.1 Å². The maximum Gasteiger partial charge on any atom is 0.228 e. The Morgan fingerprint density at radius 1 is 1.67 bits per heavy atom. The number of amides is 1. The second-order valence-electron chi connectivity index (χ2n) is 5.62. The standard InChI is InChI=1S/C15H24N2O3S/c1-4-20-11(3)15-16-12(9-21-15)7-14(19)17-6-5-10(2)13(18)8-17/h9-11,13,18H,4-8H2,1-3H3. The predicted octanol–water partition coefficient (Wildman–Crippen LogP) is 2.01. The van der Waals surface area contributed by atoms with Crippen LogP contribution in [0.2, 0.25) is 0 Å². The Bertz CT molecular complexity index is 477. The molecular formula is C15H24N2O3S. The molecule has 1 aliphatic heterocycles. The molecule has 21 heavy (non-hydrogen) atoms. The van der Waals surface area contributed by atoms with Gasteiger partial charge in [-0.25, -0.2) is 4.98 Å². The summed E-state index contributed by atoms with van der Waals surface area (Å²) in [5, 5.41) is 12.7. The van der Waals surface area contributed by atoms with Gasteiger partial charge < -0.3 is 14.7 Å². The molecule has 0 saturated carbocycles. The third-order valence-corrected chi connectivity index (χ3v) is 4.99. The topological polar surface area (TPSA) is 62.7 Å². The lowest BCUT2D eigenvalue weighted by molar-refractivity contribution is -0.134. The van der Waals surface area contributed by atoms with Crippen molar-refractivity contribution in [3.05, 3.63) is 16.1 Å². The van der Waals surface area contributed by atoms with Crippen LogP contribution in [0.5, 0.6) is 0 Å². The summed E-state index contributed by atoms with van der Waals surface area (Å²) < 4.78 is 5.51. The Labute approximate surface area is 129 Å². The molecule has 0 bridgehead atoms. The quantitative estimate of drug-likeness (QED) is 0.903. The lowest BCUT2D eigenvalue weighted by Gasteiger charge is -2.34. The molecule has 6 heteroatoms. The van der Waals surface area contributed by atoms with Gasteiger partial charge in [0.15, 0.2) is 0 Å². The van der Waals surface area contributed by atoms with Gasteiger partial charge in [-0.1, -0.05) is 6.92 Å². The molecule has 1 aromatic heterocycles. The number of rotatable bonds is 5. The number of aliphatic hydroxyl groups is 1. The molecule has 3 atom stereocenters. The smallest absolute Gasteiger partial charge is 0.228 e. The van der Waals surface area contributed by atoms with Gasteiger partial charge in [0.25, 0.3) is 0 Å². The van der Waals surface area contributed by atoms with Crippen LogP contribution >= 0.6 is 11.3 Å². The first-order valence-corrected chi connectivity index (χ1v) is 8.41. The van der Waals surface area contributed by atoms with Gasteiger partial charge in [0.2, 0.25) is 5.91 Å². The number of carbonyl (C=O) groups is 1. The minimum absolute atomic E-state index is 0.0264. The molecule has 118 valence electrons.